The van der Waals surface area contributed by atoms with Gasteiger partial charge in [0.1, 0.15) is 17.3 Å². The molecule has 1 aromatic heterocycles. The highest BCUT2D eigenvalue weighted by Crippen LogP contribution is 2.19. The third-order valence-electron chi connectivity index (χ3n) is 3.76. The summed E-state index contributed by atoms with van der Waals surface area (Å²) in [7, 11) is 0. The number of aryl methyl sites for hydroxylation is 1. The second-order valence-corrected chi connectivity index (χ2v) is 5.61. The Hall–Kier alpha value is -1.67. The van der Waals surface area contributed by atoms with Gasteiger partial charge in [-0.15, -0.1) is 24.8 Å². The van der Waals surface area contributed by atoms with Crippen molar-refractivity contribution in [2.45, 2.75) is 6.92 Å². The number of benzene rings is 1. The fourth-order valence-corrected chi connectivity index (χ4v) is 2.65. The van der Waals surface area contributed by atoms with Crippen LogP contribution in [0.4, 0.5) is 10.2 Å². The first kappa shape index (κ1) is 21.4. The molecule has 0 unspecified atom stereocenters. The lowest BCUT2D eigenvalue weighted by molar-refractivity contribution is -0.117. The fourth-order valence-electron chi connectivity index (χ4n) is 2.65. The predicted molar refractivity (Wildman–Crippen MR) is 101 cm³/mol. The van der Waals surface area contributed by atoms with Crippen molar-refractivity contribution in [2.24, 2.45) is 0 Å². The van der Waals surface area contributed by atoms with Crippen molar-refractivity contribution < 1.29 is 9.18 Å². The normalized spacial score (nSPS) is 14.3. The van der Waals surface area contributed by atoms with E-state index in [4.69, 9.17) is 0 Å². The quantitative estimate of drug-likeness (QED) is 0.839. The summed E-state index contributed by atoms with van der Waals surface area (Å²) in [5.74, 6) is -0.0228. The van der Waals surface area contributed by atoms with E-state index < -0.39 is 0 Å². The highest BCUT2D eigenvalue weighted by Gasteiger charge is 2.17. The smallest absolute Gasteiger partial charge is 0.239 e. The van der Waals surface area contributed by atoms with Gasteiger partial charge in [-0.25, -0.2) is 9.07 Å². The Bertz CT molecular complexity index is 704. The van der Waals surface area contributed by atoms with E-state index in [1.165, 1.54) is 10.7 Å². The van der Waals surface area contributed by atoms with Gasteiger partial charge in [0, 0.05) is 32.2 Å². The van der Waals surface area contributed by atoms with E-state index in [9.17, 15) is 9.18 Å². The van der Waals surface area contributed by atoms with Gasteiger partial charge in [-0.2, -0.15) is 5.10 Å². The molecule has 1 aromatic carbocycles. The second kappa shape index (κ2) is 9.72. The lowest BCUT2D eigenvalue weighted by atomic mass is 10.3. The van der Waals surface area contributed by atoms with Gasteiger partial charge in [-0.1, -0.05) is 12.1 Å². The topological polar surface area (TPSA) is 62.2 Å². The number of anilines is 1. The summed E-state index contributed by atoms with van der Waals surface area (Å²) in [5, 5.41) is 10.4. The number of piperazine rings is 1. The second-order valence-electron chi connectivity index (χ2n) is 5.61. The summed E-state index contributed by atoms with van der Waals surface area (Å²) in [6.45, 7) is 5.60. The number of nitrogens with one attached hydrogen (secondary N) is 2. The molecule has 0 saturated carbocycles. The molecular weight excluding hydrogens is 368 g/mol. The van der Waals surface area contributed by atoms with Crippen molar-refractivity contribution in [3.63, 3.8) is 0 Å². The van der Waals surface area contributed by atoms with Gasteiger partial charge in [0.2, 0.25) is 5.91 Å². The van der Waals surface area contributed by atoms with Crippen LogP contribution in [0.3, 0.4) is 0 Å². The molecule has 0 spiro atoms. The molecule has 1 amide bonds. The summed E-state index contributed by atoms with van der Waals surface area (Å²) in [4.78, 5) is 14.3. The standard InChI is InChI=1S/C16H20FN5O.2ClH/c1-12-10-15(19-16(23)11-21-8-6-18-7-9-21)22(20-12)14-5-3-2-4-13(14)17;;/h2-5,10,18H,6-9,11H2,1H3,(H,19,23);2*1H. The van der Waals surface area contributed by atoms with Crippen LogP contribution in [-0.2, 0) is 4.79 Å². The number of amides is 1. The maximum Gasteiger partial charge on any atom is 0.239 e. The van der Waals surface area contributed by atoms with Crippen LogP contribution in [0, 0.1) is 12.7 Å². The Balaban J connectivity index is 0.00000156. The maximum atomic E-state index is 14.0. The van der Waals surface area contributed by atoms with Gasteiger partial charge in [0.15, 0.2) is 0 Å². The first-order valence-electron chi connectivity index (χ1n) is 7.68. The van der Waals surface area contributed by atoms with E-state index in [0.717, 1.165) is 26.2 Å². The SMILES string of the molecule is Cc1cc(NC(=O)CN2CCNCC2)n(-c2ccccc2F)n1.Cl.Cl. The van der Waals surface area contributed by atoms with Crippen LogP contribution in [0.15, 0.2) is 30.3 Å². The Kier molecular flexibility index (Phi) is 8.31. The van der Waals surface area contributed by atoms with Crippen molar-refractivity contribution in [1.82, 2.24) is 20.0 Å². The first-order valence-corrected chi connectivity index (χ1v) is 7.68. The molecule has 0 bridgehead atoms. The number of aromatic nitrogens is 2. The summed E-state index contributed by atoms with van der Waals surface area (Å²) in [6, 6.07) is 8.11. The average molecular weight is 390 g/mol. The summed E-state index contributed by atoms with van der Waals surface area (Å²) in [6.07, 6.45) is 0. The average Bonchev–Trinajstić information content (AvgIpc) is 2.89. The molecule has 2 N–H and O–H groups in total. The molecule has 6 nitrogen and oxygen atoms in total. The third kappa shape index (κ3) is 5.40. The molecule has 138 valence electrons. The Morgan fingerprint density at radius 3 is 2.64 bits per heavy atom. The molecule has 0 radical (unpaired) electrons. The molecule has 0 aliphatic carbocycles. The highest BCUT2D eigenvalue weighted by molar-refractivity contribution is 5.91. The lowest BCUT2D eigenvalue weighted by Gasteiger charge is -2.26. The fraction of sp³-hybridized carbons (Fsp3) is 0.375. The number of carbonyl (C=O) groups excluding carboxylic acids is 1. The van der Waals surface area contributed by atoms with Crippen LogP contribution in [0.2, 0.25) is 0 Å². The Labute approximate surface area is 158 Å². The minimum absolute atomic E-state index is 0. The molecule has 3 rings (SSSR count). The van der Waals surface area contributed by atoms with E-state index in [1.54, 1.807) is 24.3 Å². The van der Waals surface area contributed by atoms with E-state index in [1.807, 2.05) is 6.92 Å². The van der Waals surface area contributed by atoms with Crippen LogP contribution < -0.4 is 10.6 Å². The van der Waals surface area contributed by atoms with Gasteiger partial charge in [-0.3, -0.25) is 9.69 Å². The van der Waals surface area contributed by atoms with Crippen molar-refractivity contribution in [2.75, 3.05) is 38.0 Å². The maximum absolute atomic E-state index is 14.0. The number of hydrogen-bond acceptors (Lipinski definition) is 4. The van der Waals surface area contributed by atoms with Crippen LogP contribution in [-0.4, -0.2) is 53.3 Å². The zero-order valence-corrected chi connectivity index (χ0v) is 15.5. The van der Waals surface area contributed by atoms with Crippen molar-refractivity contribution in [1.29, 1.82) is 0 Å². The van der Waals surface area contributed by atoms with Crippen LogP contribution >= 0.6 is 24.8 Å². The van der Waals surface area contributed by atoms with E-state index >= 15 is 0 Å². The molecule has 0 atom stereocenters. The summed E-state index contributed by atoms with van der Waals surface area (Å²) < 4.78 is 15.4. The zero-order chi connectivity index (χ0) is 16.2. The van der Waals surface area contributed by atoms with Gasteiger partial charge in [-0.05, 0) is 19.1 Å². The minimum atomic E-state index is -0.381. The number of para-hydroxylation sites is 1. The van der Waals surface area contributed by atoms with Gasteiger partial charge in [0.25, 0.3) is 0 Å². The highest BCUT2D eigenvalue weighted by atomic mass is 35.5. The Morgan fingerprint density at radius 2 is 1.96 bits per heavy atom. The van der Waals surface area contributed by atoms with E-state index in [2.05, 4.69) is 20.6 Å². The molecular formula is C16H22Cl2FN5O. The van der Waals surface area contributed by atoms with Crippen molar-refractivity contribution in [3.8, 4) is 5.69 Å². The number of rotatable bonds is 4. The van der Waals surface area contributed by atoms with Crippen molar-refractivity contribution in [3.05, 3.63) is 41.8 Å². The van der Waals surface area contributed by atoms with Crippen LogP contribution in [0.5, 0.6) is 0 Å². The van der Waals surface area contributed by atoms with E-state index in [-0.39, 0.29) is 36.5 Å². The van der Waals surface area contributed by atoms with Gasteiger partial charge >= 0.3 is 0 Å². The molecule has 2 aromatic rings. The Morgan fingerprint density at radius 1 is 1.28 bits per heavy atom. The molecule has 25 heavy (non-hydrogen) atoms. The molecule has 1 aliphatic rings. The third-order valence-corrected chi connectivity index (χ3v) is 3.76. The minimum Gasteiger partial charge on any atom is -0.314 e. The van der Waals surface area contributed by atoms with Gasteiger partial charge in [0.05, 0.1) is 12.2 Å². The number of carbonyl (C=O) groups is 1. The summed E-state index contributed by atoms with van der Waals surface area (Å²) >= 11 is 0. The largest absolute Gasteiger partial charge is 0.314 e. The molecule has 1 saturated heterocycles. The number of halogens is 3. The van der Waals surface area contributed by atoms with Crippen molar-refractivity contribution >= 4 is 36.5 Å². The number of hydrogen-bond donors (Lipinski definition) is 2. The monoisotopic (exact) mass is 389 g/mol. The molecule has 2 heterocycles. The molecule has 1 fully saturated rings. The lowest BCUT2D eigenvalue weighted by Crippen LogP contribution is -2.46. The summed E-state index contributed by atoms with van der Waals surface area (Å²) in [5.41, 5.74) is 1.03. The van der Waals surface area contributed by atoms with Crippen LogP contribution in [0.25, 0.3) is 5.69 Å². The molecule has 1 aliphatic heterocycles. The number of nitrogens with zero attached hydrogens (tertiary/aromatic N) is 3. The zero-order valence-electron chi connectivity index (χ0n) is 13.9. The van der Waals surface area contributed by atoms with E-state index in [0.29, 0.717) is 23.7 Å². The van der Waals surface area contributed by atoms with Crippen LogP contribution in [0.1, 0.15) is 5.69 Å². The molecule has 9 heteroatoms. The first-order chi connectivity index (χ1) is 11.1. The predicted octanol–water partition coefficient (Wildman–Crippen LogP) is 2.01. The van der Waals surface area contributed by atoms with Gasteiger partial charge < -0.3 is 10.6 Å².